The molecular formula is C16H16N2O2S. The zero-order chi connectivity index (χ0) is 15.0. The summed E-state index contributed by atoms with van der Waals surface area (Å²) in [5, 5.41) is 0.913. The van der Waals surface area contributed by atoms with Crippen molar-refractivity contribution in [3.63, 3.8) is 0 Å². The van der Waals surface area contributed by atoms with Crippen molar-refractivity contribution >= 4 is 39.9 Å². The Hall–Kier alpha value is -2.01. The predicted molar refractivity (Wildman–Crippen MR) is 85.9 cm³/mol. The average molecular weight is 300 g/mol. The SMILES string of the molecule is CCCN1C(=O)SC(=Cc2cn(C)c3ccccc23)C1=O. The molecule has 0 bridgehead atoms. The fourth-order valence-corrected chi connectivity index (χ4v) is 3.40. The van der Waals surface area contributed by atoms with Gasteiger partial charge in [-0.1, -0.05) is 25.1 Å². The molecule has 2 aromatic rings. The molecule has 1 aliphatic heterocycles. The summed E-state index contributed by atoms with van der Waals surface area (Å²) in [4.78, 5) is 26.0. The number of para-hydroxylation sites is 1. The van der Waals surface area contributed by atoms with Crippen molar-refractivity contribution in [2.24, 2.45) is 7.05 Å². The fraction of sp³-hybridized carbons (Fsp3) is 0.250. The van der Waals surface area contributed by atoms with E-state index in [9.17, 15) is 9.59 Å². The molecule has 1 aromatic heterocycles. The van der Waals surface area contributed by atoms with Gasteiger partial charge in [0.05, 0.1) is 4.91 Å². The lowest BCUT2D eigenvalue weighted by atomic mass is 10.1. The van der Waals surface area contributed by atoms with E-state index in [0.717, 1.165) is 34.6 Å². The Morgan fingerprint density at radius 2 is 2.00 bits per heavy atom. The van der Waals surface area contributed by atoms with Crippen LogP contribution in [-0.2, 0) is 11.8 Å². The third-order valence-electron chi connectivity index (χ3n) is 3.54. The highest BCUT2D eigenvalue weighted by atomic mass is 32.2. The Bertz CT molecular complexity index is 761. The van der Waals surface area contributed by atoms with Crippen LogP contribution >= 0.6 is 11.8 Å². The predicted octanol–water partition coefficient (Wildman–Crippen LogP) is 3.62. The number of imide groups is 1. The molecule has 0 unspecified atom stereocenters. The normalized spacial score (nSPS) is 17.4. The molecule has 2 heterocycles. The highest BCUT2D eigenvalue weighted by Gasteiger charge is 2.34. The molecule has 21 heavy (non-hydrogen) atoms. The van der Waals surface area contributed by atoms with E-state index < -0.39 is 0 Å². The van der Waals surface area contributed by atoms with Crippen LogP contribution in [0.1, 0.15) is 18.9 Å². The summed E-state index contributed by atoms with van der Waals surface area (Å²) in [5.74, 6) is -0.181. The first-order chi connectivity index (χ1) is 10.1. The van der Waals surface area contributed by atoms with Crippen LogP contribution in [0, 0.1) is 0 Å². The summed E-state index contributed by atoms with van der Waals surface area (Å²) in [5.41, 5.74) is 2.08. The Labute approximate surface area is 127 Å². The second-order valence-corrected chi connectivity index (χ2v) is 6.04. The summed E-state index contributed by atoms with van der Waals surface area (Å²) in [6.07, 6.45) is 4.58. The molecule has 0 atom stereocenters. The molecule has 2 amide bonds. The van der Waals surface area contributed by atoms with Gasteiger partial charge in [0.15, 0.2) is 0 Å². The molecule has 108 valence electrons. The second-order valence-electron chi connectivity index (χ2n) is 5.05. The maximum absolute atomic E-state index is 12.3. The van der Waals surface area contributed by atoms with E-state index in [1.807, 2.05) is 55.1 Å². The number of aromatic nitrogens is 1. The highest BCUT2D eigenvalue weighted by Crippen LogP contribution is 2.33. The van der Waals surface area contributed by atoms with Gasteiger partial charge in [0.25, 0.3) is 11.1 Å². The number of hydrogen-bond acceptors (Lipinski definition) is 3. The van der Waals surface area contributed by atoms with Gasteiger partial charge in [0, 0.05) is 36.3 Å². The smallest absolute Gasteiger partial charge is 0.293 e. The lowest BCUT2D eigenvalue weighted by molar-refractivity contribution is -0.122. The molecule has 0 spiro atoms. The van der Waals surface area contributed by atoms with Gasteiger partial charge in [-0.25, -0.2) is 0 Å². The molecule has 0 aliphatic carbocycles. The van der Waals surface area contributed by atoms with Crippen LogP contribution in [0.2, 0.25) is 0 Å². The monoisotopic (exact) mass is 300 g/mol. The standard InChI is InChI=1S/C16H16N2O2S/c1-3-8-18-15(19)14(21-16(18)20)9-11-10-17(2)13-7-5-4-6-12(11)13/h4-7,9-10H,3,8H2,1-2H3. The van der Waals surface area contributed by atoms with Crippen molar-refractivity contribution < 1.29 is 9.59 Å². The highest BCUT2D eigenvalue weighted by molar-refractivity contribution is 8.18. The summed E-state index contributed by atoms with van der Waals surface area (Å²) < 4.78 is 2.03. The lowest BCUT2D eigenvalue weighted by Gasteiger charge is -2.09. The van der Waals surface area contributed by atoms with Gasteiger partial charge in [-0.05, 0) is 30.3 Å². The van der Waals surface area contributed by atoms with Crippen molar-refractivity contribution in [1.29, 1.82) is 0 Å². The number of thioether (sulfide) groups is 1. The Kier molecular flexibility index (Phi) is 3.59. The molecule has 0 N–H and O–H groups in total. The van der Waals surface area contributed by atoms with Gasteiger partial charge in [0.2, 0.25) is 0 Å². The number of amides is 2. The molecule has 1 aromatic carbocycles. The topological polar surface area (TPSA) is 42.3 Å². The summed E-state index contributed by atoms with van der Waals surface area (Å²) >= 11 is 1.02. The van der Waals surface area contributed by atoms with Gasteiger partial charge in [-0.15, -0.1) is 0 Å². The first-order valence-corrected chi connectivity index (χ1v) is 7.73. The van der Waals surface area contributed by atoms with E-state index in [4.69, 9.17) is 0 Å². The van der Waals surface area contributed by atoms with Crippen LogP contribution in [0.5, 0.6) is 0 Å². The maximum atomic E-state index is 12.3. The maximum Gasteiger partial charge on any atom is 0.293 e. The van der Waals surface area contributed by atoms with E-state index in [2.05, 4.69) is 0 Å². The van der Waals surface area contributed by atoms with Gasteiger partial charge in [0.1, 0.15) is 0 Å². The fourth-order valence-electron chi connectivity index (χ4n) is 2.55. The quantitative estimate of drug-likeness (QED) is 0.813. The zero-order valence-electron chi connectivity index (χ0n) is 12.0. The third kappa shape index (κ3) is 2.38. The van der Waals surface area contributed by atoms with Crippen LogP contribution in [0.3, 0.4) is 0 Å². The van der Waals surface area contributed by atoms with E-state index in [-0.39, 0.29) is 11.1 Å². The Balaban J connectivity index is 2.02. The molecule has 4 nitrogen and oxygen atoms in total. The lowest BCUT2D eigenvalue weighted by Crippen LogP contribution is -2.28. The molecule has 3 rings (SSSR count). The minimum atomic E-state index is -0.181. The number of hydrogen-bond donors (Lipinski definition) is 0. The number of fused-ring (bicyclic) bond motifs is 1. The summed E-state index contributed by atoms with van der Waals surface area (Å²) in [6.45, 7) is 2.44. The van der Waals surface area contributed by atoms with Crippen LogP contribution in [0.4, 0.5) is 4.79 Å². The number of aryl methyl sites for hydroxylation is 1. The largest absolute Gasteiger partial charge is 0.350 e. The second kappa shape index (κ2) is 5.41. The minimum absolute atomic E-state index is 0.173. The van der Waals surface area contributed by atoms with Crippen LogP contribution < -0.4 is 0 Å². The Morgan fingerprint density at radius 1 is 1.24 bits per heavy atom. The number of nitrogens with zero attached hydrogens (tertiary/aromatic N) is 2. The van der Waals surface area contributed by atoms with Gasteiger partial charge in [-0.3, -0.25) is 14.5 Å². The number of carbonyl (C=O) groups excluding carboxylic acids is 2. The molecule has 0 saturated carbocycles. The average Bonchev–Trinajstić information content (AvgIpc) is 2.93. The first-order valence-electron chi connectivity index (χ1n) is 6.91. The number of carbonyl (C=O) groups is 2. The van der Waals surface area contributed by atoms with Crippen LogP contribution in [0.15, 0.2) is 35.4 Å². The van der Waals surface area contributed by atoms with Crippen LogP contribution in [0.25, 0.3) is 17.0 Å². The number of rotatable bonds is 3. The van der Waals surface area contributed by atoms with Crippen molar-refractivity contribution in [2.75, 3.05) is 6.54 Å². The third-order valence-corrected chi connectivity index (χ3v) is 4.44. The van der Waals surface area contributed by atoms with E-state index >= 15 is 0 Å². The van der Waals surface area contributed by atoms with Crippen LogP contribution in [-0.4, -0.2) is 27.2 Å². The summed E-state index contributed by atoms with van der Waals surface area (Å²) in [7, 11) is 1.97. The van der Waals surface area contributed by atoms with Crippen molar-refractivity contribution in [2.45, 2.75) is 13.3 Å². The van der Waals surface area contributed by atoms with Gasteiger partial charge >= 0.3 is 0 Å². The summed E-state index contributed by atoms with van der Waals surface area (Å²) in [6, 6.07) is 8.02. The molecule has 1 fully saturated rings. The molecule has 5 heteroatoms. The van der Waals surface area contributed by atoms with Gasteiger partial charge < -0.3 is 4.57 Å². The van der Waals surface area contributed by atoms with Crippen molar-refractivity contribution in [1.82, 2.24) is 9.47 Å². The van der Waals surface area contributed by atoms with E-state index in [1.165, 1.54) is 4.90 Å². The Morgan fingerprint density at radius 3 is 2.76 bits per heavy atom. The van der Waals surface area contributed by atoms with Gasteiger partial charge in [-0.2, -0.15) is 0 Å². The van der Waals surface area contributed by atoms with Crippen molar-refractivity contribution in [3.8, 4) is 0 Å². The minimum Gasteiger partial charge on any atom is -0.350 e. The van der Waals surface area contributed by atoms with E-state index in [0.29, 0.717) is 11.4 Å². The number of benzene rings is 1. The van der Waals surface area contributed by atoms with Crippen molar-refractivity contribution in [3.05, 3.63) is 40.9 Å². The zero-order valence-corrected chi connectivity index (χ0v) is 12.8. The molecular weight excluding hydrogens is 284 g/mol. The molecule has 1 aliphatic rings. The molecule has 1 saturated heterocycles. The molecule has 0 radical (unpaired) electrons. The van der Waals surface area contributed by atoms with E-state index in [1.54, 1.807) is 0 Å². The first kappa shape index (κ1) is 13.9.